The second-order valence-electron chi connectivity index (χ2n) is 3.56. The largest absolute Gasteiger partial charge is 0.481 e. The molecule has 0 aliphatic carbocycles. The maximum atomic E-state index is 11.5. The summed E-state index contributed by atoms with van der Waals surface area (Å²) in [5.74, 6) is -1.44. The van der Waals surface area contributed by atoms with Crippen molar-refractivity contribution in [2.45, 2.75) is 6.42 Å². The second kappa shape index (κ2) is 4.93. The van der Waals surface area contributed by atoms with E-state index in [1.165, 1.54) is 11.3 Å². The Morgan fingerprint density at radius 3 is 2.47 bits per heavy atom. The Morgan fingerprint density at radius 1 is 1.12 bits per heavy atom. The minimum Gasteiger partial charge on any atom is -0.481 e. The van der Waals surface area contributed by atoms with Gasteiger partial charge in [-0.1, -0.05) is 30.3 Å². The van der Waals surface area contributed by atoms with Crippen molar-refractivity contribution in [2.24, 2.45) is 0 Å². The van der Waals surface area contributed by atoms with Crippen molar-refractivity contribution < 1.29 is 14.7 Å². The average Bonchev–Trinajstić information content (AvgIpc) is 2.78. The summed E-state index contributed by atoms with van der Waals surface area (Å²) in [5, 5.41) is 10.4. The van der Waals surface area contributed by atoms with Gasteiger partial charge in [-0.25, -0.2) is 0 Å². The number of hydrogen-bond acceptors (Lipinski definition) is 3. The van der Waals surface area contributed by atoms with Crippen molar-refractivity contribution in [3.05, 3.63) is 46.7 Å². The van der Waals surface area contributed by atoms with Gasteiger partial charge < -0.3 is 5.11 Å². The van der Waals surface area contributed by atoms with Crippen LogP contribution in [0, 0.1) is 0 Å². The smallest absolute Gasteiger partial charge is 0.311 e. The van der Waals surface area contributed by atoms with Crippen molar-refractivity contribution in [3.63, 3.8) is 0 Å². The van der Waals surface area contributed by atoms with Crippen LogP contribution in [0.1, 0.15) is 16.1 Å². The molecular formula is C13H10O3S. The van der Waals surface area contributed by atoms with Crippen LogP contribution in [0.3, 0.4) is 0 Å². The molecule has 1 aromatic heterocycles. The molecule has 0 radical (unpaired) electrons. The number of Topliss-reactive ketones (excluding diaryl/α,β-unsaturated/α-hetero) is 1. The van der Waals surface area contributed by atoms with Crippen LogP contribution < -0.4 is 0 Å². The van der Waals surface area contributed by atoms with Crippen LogP contribution >= 0.6 is 11.3 Å². The maximum Gasteiger partial charge on any atom is 0.311 e. The van der Waals surface area contributed by atoms with Crippen LogP contribution in [-0.2, 0) is 4.79 Å². The molecule has 0 saturated heterocycles. The van der Waals surface area contributed by atoms with Gasteiger partial charge in [0.05, 0.1) is 4.88 Å². The number of carboxylic acid groups (broad SMARTS) is 1. The van der Waals surface area contributed by atoms with E-state index in [0.29, 0.717) is 4.88 Å². The summed E-state index contributed by atoms with van der Waals surface area (Å²) in [6.07, 6.45) is -0.450. The zero-order valence-corrected chi connectivity index (χ0v) is 9.74. The van der Waals surface area contributed by atoms with E-state index >= 15 is 0 Å². The quantitative estimate of drug-likeness (QED) is 0.666. The van der Waals surface area contributed by atoms with E-state index in [2.05, 4.69) is 0 Å². The number of hydrogen-bond donors (Lipinski definition) is 1. The molecule has 0 aliphatic rings. The summed E-state index contributed by atoms with van der Waals surface area (Å²) in [7, 11) is 0. The monoisotopic (exact) mass is 246 g/mol. The first-order valence-electron chi connectivity index (χ1n) is 5.06. The minimum absolute atomic E-state index is 0.343. The fourth-order valence-corrected chi connectivity index (χ4v) is 2.35. The minimum atomic E-state index is -1.09. The molecule has 0 bridgehead atoms. The van der Waals surface area contributed by atoms with Gasteiger partial charge >= 0.3 is 5.97 Å². The second-order valence-corrected chi connectivity index (χ2v) is 4.47. The van der Waals surface area contributed by atoms with Gasteiger partial charge in [0.15, 0.2) is 5.78 Å². The van der Waals surface area contributed by atoms with Crippen molar-refractivity contribution >= 4 is 23.1 Å². The Bertz CT molecular complexity index is 543. The number of thiophene rings is 1. The van der Waals surface area contributed by atoms with E-state index in [1.54, 1.807) is 6.07 Å². The number of carboxylic acids is 1. The molecule has 17 heavy (non-hydrogen) atoms. The van der Waals surface area contributed by atoms with Crippen LogP contribution in [0.15, 0.2) is 41.8 Å². The first-order chi connectivity index (χ1) is 8.16. The van der Waals surface area contributed by atoms with Crippen LogP contribution in [0.4, 0.5) is 0 Å². The molecule has 0 atom stereocenters. The lowest BCUT2D eigenvalue weighted by Gasteiger charge is -1.95. The summed E-state index contributed by atoms with van der Waals surface area (Å²) in [5.41, 5.74) is 1.97. The SMILES string of the molecule is O=C(O)CC(=O)c1cc(-c2ccccc2)cs1. The summed E-state index contributed by atoms with van der Waals surface area (Å²) >= 11 is 1.28. The van der Waals surface area contributed by atoms with Crippen LogP contribution in [0.25, 0.3) is 11.1 Å². The highest BCUT2D eigenvalue weighted by atomic mass is 32.1. The van der Waals surface area contributed by atoms with Crippen molar-refractivity contribution in [1.29, 1.82) is 0 Å². The van der Waals surface area contributed by atoms with Crippen LogP contribution in [-0.4, -0.2) is 16.9 Å². The van der Waals surface area contributed by atoms with Crippen LogP contribution in [0.5, 0.6) is 0 Å². The third-order valence-electron chi connectivity index (χ3n) is 2.29. The van der Waals surface area contributed by atoms with Gasteiger partial charge in [-0.3, -0.25) is 9.59 Å². The van der Waals surface area contributed by atoms with E-state index in [1.807, 2.05) is 35.7 Å². The normalized spacial score (nSPS) is 10.1. The lowest BCUT2D eigenvalue weighted by Crippen LogP contribution is -2.04. The third kappa shape index (κ3) is 2.79. The highest BCUT2D eigenvalue weighted by molar-refractivity contribution is 7.12. The number of aliphatic carboxylic acids is 1. The Kier molecular flexibility index (Phi) is 3.35. The highest BCUT2D eigenvalue weighted by Crippen LogP contribution is 2.26. The Morgan fingerprint density at radius 2 is 1.82 bits per heavy atom. The van der Waals surface area contributed by atoms with Gasteiger partial charge in [0.25, 0.3) is 0 Å². The molecule has 0 saturated carbocycles. The number of rotatable bonds is 4. The molecule has 2 aromatic rings. The molecule has 4 heteroatoms. The predicted molar refractivity (Wildman–Crippen MR) is 66.3 cm³/mol. The zero-order valence-electron chi connectivity index (χ0n) is 8.92. The van der Waals surface area contributed by atoms with Gasteiger partial charge in [-0.15, -0.1) is 11.3 Å². The molecule has 0 aliphatic heterocycles. The predicted octanol–water partition coefficient (Wildman–Crippen LogP) is 3.07. The van der Waals surface area contributed by atoms with Gasteiger partial charge in [0.1, 0.15) is 6.42 Å². The molecule has 2 rings (SSSR count). The topological polar surface area (TPSA) is 54.4 Å². The van der Waals surface area contributed by atoms with E-state index in [0.717, 1.165) is 11.1 Å². The fourth-order valence-electron chi connectivity index (χ4n) is 1.49. The summed E-state index contributed by atoms with van der Waals surface area (Å²) in [6.45, 7) is 0. The third-order valence-corrected chi connectivity index (χ3v) is 3.26. The molecule has 1 N–H and O–H groups in total. The number of benzene rings is 1. The average molecular weight is 246 g/mol. The number of ketones is 1. The van der Waals surface area contributed by atoms with E-state index in [9.17, 15) is 9.59 Å². The highest BCUT2D eigenvalue weighted by Gasteiger charge is 2.13. The van der Waals surface area contributed by atoms with E-state index in [4.69, 9.17) is 5.11 Å². The van der Waals surface area contributed by atoms with Gasteiger partial charge in [0.2, 0.25) is 0 Å². The Labute approximate surface area is 102 Å². The van der Waals surface area contributed by atoms with E-state index < -0.39 is 12.4 Å². The summed E-state index contributed by atoms with van der Waals surface area (Å²) < 4.78 is 0. The summed E-state index contributed by atoms with van der Waals surface area (Å²) in [6, 6.07) is 11.4. The zero-order chi connectivity index (χ0) is 12.3. The van der Waals surface area contributed by atoms with Crippen LogP contribution in [0.2, 0.25) is 0 Å². The molecule has 86 valence electrons. The lowest BCUT2D eigenvalue weighted by molar-refractivity contribution is -0.135. The first kappa shape index (κ1) is 11.5. The molecule has 0 amide bonds. The van der Waals surface area contributed by atoms with Crippen molar-refractivity contribution in [1.82, 2.24) is 0 Å². The summed E-state index contributed by atoms with van der Waals surface area (Å²) in [4.78, 5) is 22.5. The lowest BCUT2D eigenvalue weighted by atomic mass is 10.1. The number of carbonyl (C=O) groups excluding carboxylic acids is 1. The van der Waals surface area contributed by atoms with Crippen molar-refractivity contribution in [3.8, 4) is 11.1 Å². The molecule has 1 heterocycles. The van der Waals surface area contributed by atoms with Gasteiger partial charge in [-0.05, 0) is 22.6 Å². The standard InChI is InChI=1S/C13H10O3S/c14-11(7-13(15)16)12-6-10(8-17-12)9-4-2-1-3-5-9/h1-6,8H,7H2,(H,15,16). The molecule has 3 nitrogen and oxygen atoms in total. The van der Waals surface area contributed by atoms with Gasteiger partial charge in [0, 0.05) is 0 Å². The van der Waals surface area contributed by atoms with E-state index in [-0.39, 0.29) is 5.78 Å². The first-order valence-corrected chi connectivity index (χ1v) is 5.94. The molecule has 0 spiro atoms. The molecular weight excluding hydrogens is 236 g/mol. The fraction of sp³-hybridized carbons (Fsp3) is 0.0769. The molecule has 1 aromatic carbocycles. The molecule has 0 unspecified atom stereocenters. The Balaban J connectivity index is 2.22. The van der Waals surface area contributed by atoms with Gasteiger partial charge in [-0.2, -0.15) is 0 Å². The maximum absolute atomic E-state index is 11.5. The number of carbonyl (C=O) groups is 2. The molecule has 0 fully saturated rings. The van der Waals surface area contributed by atoms with Crippen molar-refractivity contribution in [2.75, 3.05) is 0 Å². The Hall–Kier alpha value is -1.94.